The summed E-state index contributed by atoms with van der Waals surface area (Å²) in [5.41, 5.74) is 0. The summed E-state index contributed by atoms with van der Waals surface area (Å²) in [7, 11) is 2.33. The Morgan fingerprint density at radius 2 is 2.29 bits per heavy atom. The summed E-state index contributed by atoms with van der Waals surface area (Å²) in [5, 5.41) is 0. The molecule has 0 fully saturated rings. The summed E-state index contributed by atoms with van der Waals surface area (Å²) in [6.07, 6.45) is 1.30. The van der Waals surface area contributed by atoms with Gasteiger partial charge in [0.2, 0.25) is 0 Å². The maximum atomic E-state index is 2.50. The number of hydrogen-bond acceptors (Lipinski definition) is 1. The Labute approximate surface area is 60.6 Å². The molecule has 0 amide bonds. The second kappa shape index (κ2) is 5.05. The van der Waals surface area contributed by atoms with Gasteiger partial charge in [0.05, 0.1) is 0 Å². The molecule has 44 valence electrons. The van der Waals surface area contributed by atoms with Gasteiger partial charge in [-0.15, -0.1) is 21.8 Å². The number of hydrogen-bond donors (Lipinski definition) is 0. The predicted octanol–water partition coefficient (Wildman–Crippen LogP) is 0.762. The number of nitrogens with zero attached hydrogens (tertiary/aromatic N) is 1. The Hall–Kier alpha value is 0.907. The summed E-state index contributed by atoms with van der Waals surface area (Å²) in [4.78, 5) is 0. The molecule has 0 saturated carbocycles. The highest BCUT2D eigenvalue weighted by atomic mass is 127. The maximum absolute atomic E-state index is 2.50. The molecule has 0 spiro atoms. The van der Waals surface area contributed by atoms with E-state index < -0.39 is 0 Å². The Kier molecular flexibility index (Phi) is 5.71. The summed E-state index contributed by atoms with van der Waals surface area (Å²) in [5.74, 6) is 0. The van der Waals surface area contributed by atoms with Gasteiger partial charge in [-0.3, -0.25) is 0 Å². The minimum atomic E-state index is 0.131. The van der Waals surface area contributed by atoms with Crippen molar-refractivity contribution in [3.8, 4) is 0 Å². The third-order valence-electron chi connectivity index (χ3n) is 0.809. The van der Waals surface area contributed by atoms with E-state index in [1.807, 2.05) is 0 Å². The first kappa shape index (κ1) is 7.91. The molecule has 0 saturated heterocycles. The summed E-state index contributed by atoms with van der Waals surface area (Å²) < 4.78 is 2.43. The lowest BCUT2D eigenvalue weighted by Gasteiger charge is -2.08. The highest BCUT2D eigenvalue weighted by Crippen LogP contribution is 1.86. The molecule has 1 nitrogen and oxygen atoms in total. The lowest BCUT2D eigenvalue weighted by Crippen LogP contribution is -2.18. The normalized spacial score (nSPS) is 12.0. The van der Waals surface area contributed by atoms with E-state index in [1.165, 1.54) is 13.0 Å². The molecule has 0 aromatic heterocycles. The topological polar surface area (TPSA) is 3.24 Å². The molecular weight excluding hydrogens is 217 g/mol. The van der Waals surface area contributed by atoms with Crippen molar-refractivity contribution in [2.24, 2.45) is 0 Å². The fraction of sp³-hybridized carbons (Fsp3) is 1.00. The fourth-order valence-electron chi connectivity index (χ4n) is 0.441. The molecule has 0 aromatic carbocycles. The highest BCUT2D eigenvalue weighted by Gasteiger charge is 1.88. The van der Waals surface area contributed by atoms with E-state index in [2.05, 4.69) is 40.3 Å². The quantitative estimate of drug-likeness (QED) is 0.392. The Bertz CT molecular complexity index is 42.7. The van der Waals surface area contributed by atoms with Gasteiger partial charge in [-0.05, 0) is 20.0 Å². The third kappa shape index (κ3) is 4.77. The number of rotatable bonds is 3. The van der Waals surface area contributed by atoms with Crippen LogP contribution in [0.15, 0.2) is 0 Å². The highest BCUT2D eigenvalue weighted by molar-refractivity contribution is 14.1. The molecule has 0 aliphatic rings. The van der Waals surface area contributed by atoms with E-state index >= 15 is 0 Å². The molecule has 0 aromatic rings. The Morgan fingerprint density at radius 1 is 1.71 bits per heavy atom. The van der Waals surface area contributed by atoms with Crippen molar-refractivity contribution in [1.29, 1.82) is 0 Å². The first-order valence-corrected chi connectivity index (χ1v) is 8.30. The van der Waals surface area contributed by atoms with E-state index in [9.17, 15) is 0 Å². The molecule has 0 radical (unpaired) electrons. The number of halogens is 1. The third-order valence-corrected chi connectivity index (χ3v) is 5.03. The van der Waals surface area contributed by atoms with Crippen LogP contribution in [0.5, 0.6) is 0 Å². The van der Waals surface area contributed by atoms with Crippen LogP contribution in [-0.4, -0.2) is 25.3 Å². The Balaban J connectivity index is 2.83. The molecule has 0 unspecified atom stereocenters. The summed E-state index contributed by atoms with van der Waals surface area (Å²) in [6, 6.07) is 0. The SMILES string of the molecule is CCCN(C)[SiH2]I. The molecule has 0 N–H and O–H groups in total. The first-order chi connectivity index (χ1) is 3.31. The lowest BCUT2D eigenvalue weighted by molar-refractivity contribution is 0.539. The van der Waals surface area contributed by atoms with Crippen LogP contribution in [0, 0.1) is 0 Å². The minimum Gasteiger partial charge on any atom is -0.323 e. The molecular formula is C4H12INSi. The minimum absolute atomic E-state index is 0.131. The van der Waals surface area contributed by atoms with Gasteiger partial charge in [0.25, 0.3) is 0 Å². The van der Waals surface area contributed by atoms with Crippen molar-refractivity contribution in [2.75, 3.05) is 13.6 Å². The smallest absolute Gasteiger partial charge is 0.165 e. The molecule has 7 heavy (non-hydrogen) atoms. The van der Waals surface area contributed by atoms with Crippen LogP contribution in [0.4, 0.5) is 0 Å². The van der Waals surface area contributed by atoms with Gasteiger partial charge >= 0.3 is 0 Å². The van der Waals surface area contributed by atoms with Gasteiger partial charge in [0.15, 0.2) is 7.18 Å². The van der Waals surface area contributed by atoms with Gasteiger partial charge in [0, 0.05) is 0 Å². The fourth-order valence-corrected chi connectivity index (χ4v) is 1.90. The molecule has 0 bridgehead atoms. The van der Waals surface area contributed by atoms with Gasteiger partial charge in [0.1, 0.15) is 0 Å². The van der Waals surface area contributed by atoms with Crippen LogP contribution in [-0.2, 0) is 0 Å². The molecule has 0 aliphatic heterocycles. The van der Waals surface area contributed by atoms with E-state index in [0.29, 0.717) is 0 Å². The molecule has 0 aliphatic carbocycles. The average molecular weight is 229 g/mol. The van der Waals surface area contributed by atoms with Crippen molar-refractivity contribution in [1.82, 2.24) is 4.57 Å². The average Bonchev–Trinajstić information content (AvgIpc) is 1.68. The summed E-state index contributed by atoms with van der Waals surface area (Å²) >= 11 is 2.50. The van der Waals surface area contributed by atoms with Crippen LogP contribution in [0.2, 0.25) is 0 Å². The van der Waals surface area contributed by atoms with E-state index in [1.54, 1.807) is 0 Å². The van der Waals surface area contributed by atoms with Crippen LogP contribution < -0.4 is 0 Å². The van der Waals surface area contributed by atoms with Gasteiger partial charge in [-0.1, -0.05) is 6.92 Å². The largest absolute Gasteiger partial charge is 0.323 e. The standard InChI is InChI=1S/C4H12INSi/c1-3-4-6(2)7-5/h3-4,7H2,1-2H3. The lowest BCUT2D eigenvalue weighted by atomic mass is 10.5. The maximum Gasteiger partial charge on any atom is 0.165 e. The monoisotopic (exact) mass is 229 g/mol. The van der Waals surface area contributed by atoms with Crippen molar-refractivity contribution < 1.29 is 0 Å². The summed E-state index contributed by atoms with van der Waals surface area (Å²) in [6.45, 7) is 3.51. The van der Waals surface area contributed by atoms with Gasteiger partial charge < -0.3 is 4.57 Å². The molecule has 0 atom stereocenters. The van der Waals surface area contributed by atoms with Crippen LogP contribution in [0.1, 0.15) is 13.3 Å². The van der Waals surface area contributed by atoms with Crippen LogP contribution in [0.3, 0.4) is 0 Å². The van der Waals surface area contributed by atoms with E-state index in [0.717, 1.165) is 0 Å². The second-order valence-corrected chi connectivity index (χ2v) is 5.06. The van der Waals surface area contributed by atoms with Crippen molar-refractivity contribution in [3.05, 3.63) is 0 Å². The van der Waals surface area contributed by atoms with Crippen LogP contribution >= 0.6 is 21.8 Å². The van der Waals surface area contributed by atoms with Crippen LogP contribution in [0.25, 0.3) is 0 Å². The Morgan fingerprint density at radius 3 is 2.43 bits per heavy atom. The van der Waals surface area contributed by atoms with E-state index in [4.69, 9.17) is 0 Å². The second-order valence-electron chi connectivity index (χ2n) is 1.70. The van der Waals surface area contributed by atoms with Gasteiger partial charge in [-0.2, -0.15) is 0 Å². The molecule has 3 heteroatoms. The molecule has 0 heterocycles. The predicted molar refractivity (Wildman–Crippen MR) is 45.5 cm³/mol. The zero-order valence-corrected chi connectivity index (χ0v) is 8.52. The van der Waals surface area contributed by atoms with Gasteiger partial charge in [-0.25, -0.2) is 0 Å². The molecule has 0 rings (SSSR count). The van der Waals surface area contributed by atoms with Crippen molar-refractivity contribution in [2.45, 2.75) is 13.3 Å². The zero-order chi connectivity index (χ0) is 5.70. The van der Waals surface area contributed by atoms with Crippen molar-refractivity contribution >= 4 is 29.0 Å². The zero-order valence-electron chi connectivity index (χ0n) is 4.95. The van der Waals surface area contributed by atoms with Crippen molar-refractivity contribution in [3.63, 3.8) is 0 Å². The van der Waals surface area contributed by atoms with E-state index in [-0.39, 0.29) is 7.18 Å². The first-order valence-electron chi connectivity index (χ1n) is 2.55.